The van der Waals surface area contributed by atoms with Gasteiger partial charge in [0, 0.05) is 11.7 Å². The lowest BCUT2D eigenvalue weighted by Crippen LogP contribution is -2.17. The van der Waals surface area contributed by atoms with E-state index in [0.717, 1.165) is 12.8 Å². The normalized spacial score (nSPS) is 14.7. The Balaban J connectivity index is 1.63. The highest BCUT2D eigenvalue weighted by Crippen LogP contribution is 2.21. The molecule has 23 heavy (non-hydrogen) atoms. The number of nitrogens with one attached hydrogen (secondary N) is 2. The van der Waals surface area contributed by atoms with Gasteiger partial charge in [0.2, 0.25) is 0 Å². The second-order valence-electron chi connectivity index (χ2n) is 5.50. The van der Waals surface area contributed by atoms with E-state index in [4.69, 9.17) is 11.6 Å². The minimum Gasteiger partial charge on any atom is -0.366 e. The Bertz CT molecular complexity index is 702. The zero-order valence-corrected chi connectivity index (χ0v) is 13.1. The maximum absolute atomic E-state index is 13.1. The number of rotatable bonds is 4. The van der Waals surface area contributed by atoms with E-state index >= 15 is 0 Å². The number of carbonyl (C=O) groups excluding carboxylic acids is 1. The number of amides is 1. The predicted octanol–water partition coefficient (Wildman–Crippen LogP) is 3.88. The van der Waals surface area contributed by atoms with E-state index in [9.17, 15) is 9.18 Å². The number of carbonyl (C=O) groups is 1. The van der Waals surface area contributed by atoms with Crippen molar-refractivity contribution >= 4 is 29.0 Å². The first kappa shape index (κ1) is 15.7. The van der Waals surface area contributed by atoms with Gasteiger partial charge in [-0.1, -0.05) is 24.4 Å². The number of benzene rings is 1. The van der Waals surface area contributed by atoms with E-state index in [1.807, 2.05) is 0 Å². The average Bonchev–Trinajstić information content (AvgIpc) is 3.04. The minimum atomic E-state index is -0.535. The summed E-state index contributed by atoms with van der Waals surface area (Å²) < 4.78 is 13.1. The molecule has 2 aromatic rings. The molecule has 120 valence electrons. The van der Waals surface area contributed by atoms with Gasteiger partial charge in [-0.05, 0) is 31.0 Å². The summed E-state index contributed by atoms with van der Waals surface area (Å²) in [7, 11) is 0. The van der Waals surface area contributed by atoms with Crippen LogP contribution in [-0.4, -0.2) is 21.9 Å². The van der Waals surface area contributed by atoms with Gasteiger partial charge < -0.3 is 10.6 Å². The van der Waals surface area contributed by atoms with E-state index in [-0.39, 0.29) is 10.7 Å². The van der Waals surface area contributed by atoms with E-state index in [1.54, 1.807) is 6.20 Å². The standard InChI is InChI=1S/C16H16ClFN4O/c17-12-7-11(5-6-13(12)18)22-16(23)14-8-20-15(9-19-14)21-10-3-1-2-4-10/h5-10H,1-4H2,(H,20,21)(H,22,23). The summed E-state index contributed by atoms with van der Waals surface area (Å²) in [5.41, 5.74) is 0.582. The molecule has 1 fully saturated rings. The number of hydrogen-bond acceptors (Lipinski definition) is 4. The molecule has 0 bridgehead atoms. The first-order chi connectivity index (χ1) is 11.1. The zero-order valence-electron chi connectivity index (χ0n) is 12.4. The van der Waals surface area contributed by atoms with Crippen molar-refractivity contribution in [3.63, 3.8) is 0 Å². The second kappa shape index (κ2) is 6.91. The zero-order chi connectivity index (χ0) is 16.2. The second-order valence-corrected chi connectivity index (χ2v) is 5.90. The monoisotopic (exact) mass is 334 g/mol. The summed E-state index contributed by atoms with van der Waals surface area (Å²) in [6.45, 7) is 0. The molecular weight excluding hydrogens is 319 g/mol. The quantitative estimate of drug-likeness (QED) is 0.890. The summed E-state index contributed by atoms with van der Waals surface area (Å²) in [6.07, 6.45) is 7.69. The van der Waals surface area contributed by atoms with Crippen LogP contribution in [0.2, 0.25) is 5.02 Å². The highest BCUT2D eigenvalue weighted by Gasteiger charge is 2.15. The van der Waals surface area contributed by atoms with Gasteiger partial charge in [-0.15, -0.1) is 0 Å². The molecule has 5 nitrogen and oxygen atoms in total. The molecular formula is C16H16ClFN4O. The van der Waals surface area contributed by atoms with Crippen molar-refractivity contribution in [2.75, 3.05) is 10.6 Å². The van der Waals surface area contributed by atoms with Crippen LogP contribution in [0.15, 0.2) is 30.6 Å². The summed E-state index contributed by atoms with van der Waals surface area (Å²) in [5.74, 6) is -0.294. The van der Waals surface area contributed by atoms with E-state index in [0.29, 0.717) is 17.5 Å². The van der Waals surface area contributed by atoms with Gasteiger partial charge in [-0.3, -0.25) is 4.79 Å². The molecule has 1 aliphatic carbocycles. The van der Waals surface area contributed by atoms with Crippen molar-refractivity contribution in [1.82, 2.24) is 9.97 Å². The van der Waals surface area contributed by atoms with Gasteiger partial charge in [0.1, 0.15) is 17.3 Å². The lowest BCUT2D eigenvalue weighted by molar-refractivity contribution is 0.102. The number of nitrogens with zero attached hydrogens (tertiary/aromatic N) is 2. The molecule has 0 unspecified atom stereocenters. The first-order valence-corrected chi connectivity index (χ1v) is 7.84. The highest BCUT2D eigenvalue weighted by molar-refractivity contribution is 6.31. The molecule has 2 N–H and O–H groups in total. The third-order valence-corrected chi connectivity index (χ3v) is 4.06. The van der Waals surface area contributed by atoms with Crippen molar-refractivity contribution in [2.24, 2.45) is 0 Å². The molecule has 0 saturated heterocycles. The maximum Gasteiger partial charge on any atom is 0.275 e. The van der Waals surface area contributed by atoms with Crippen LogP contribution >= 0.6 is 11.6 Å². The number of hydrogen-bond donors (Lipinski definition) is 2. The molecule has 7 heteroatoms. The van der Waals surface area contributed by atoms with Crippen LogP contribution in [0.5, 0.6) is 0 Å². The molecule has 0 aliphatic heterocycles. The average molecular weight is 335 g/mol. The number of anilines is 2. The van der Waals surface area contributed by atoms with Crippen LogP contribution in [0.1, 0.15) is 36.2 Å². The summed E-state index contributed by atoms with van der Waals surface area (Å²) in [5, 5.41) is 5.86. The maximum atomic E-state index is 13.1. The molecule has 0 spiro atoms. The summed E-state index contributed by atoms with van der Waals surface area (Å²) in [4.78, 5) is 20.4. The van der Waals surface area contributed by atoms with Crippen LogP contribution in [-0.2, 0) is 0 Å². The van der Waals surface area contributed by atoms with Gasteiger partial charge in [0.15, 0.2) is 0 Å². The summed E-state index contributed by atoms with van der Waals surface area (Å²) >= 11 is 5.68. The van der Waals surface area contributed by atoms with Crippen molar-refractivity contribution in [3.8, 4) is 0 Å². The smallest absolute Gasteiger partial charge is 0.275 e. The fourth-order valence-electron chi connectivity index (χ4n) is 2.57. The molecule has 0 atom stereocenters. The fraction of sp³-hybridized carbons (Fsp3) is 0.312. The van der Waals surface area contributed by atoms with Crippen molar-refractivity contribution in [2.45, 2.75) is 31.7 Å². The Morgan fingerprint density at radius 2 is 2.00 bits per heavy atom. The van der Waals surface area contributed by atoms with Crippen LogP contribution in [0, 0.1) is 5.82 Å². The molecule has 0 radical (unpaired) electrons. The van der Waals surface area contributed by atoms with E-state index in [1.165, 1.54) is 37.2 Å². The Morgan fingerprint density at radius 1 is 1.22 bits per heavy atom. The van der Waals surface area contributed by atoms with Gasteiger partial charge in [0.25, 0.3) is 5.91 Å². The third kappa shape index (κ3) is 3.96. The Morgan fingerprint density at radius 3 is 2.65 bits per heavy atom. The SMILES string of the molecule is O=C(Nc1ccc(F)c(Cl)c1)c1cnc(NC2CCCC2)cn1. The highest BCUT2D eigenvalue weighted by atomic mass is 35.5. The Kier molecular flexibility index (Phi) is 4.71. The van der Waals surface area contributed by atoms with Crippen LogP contribution < -0.4 is 10.6 Å². The molecule has 1 aromatic carbocycles. The van der Waals surface area contributed by atoms with Crippen LogP contribution in [0.4, 0.5) is 15.9 Å². The van der Waals surface area contributed by atoms with Gasteiger partial charge >= 0.3 is 0 Å². The van der Waals surface area contributed by atoms with Gasteiger partial charge in [-0.25, -0.2) is 14.4 Å². The molecule has 1 heterocycles. The van der Waals surface area contributed by atoms with Gasteiger partial charge in [-0.2, -0.15) is 0 Å². The predicted molar refractivity (Wildman–Crippen MR) is 87.3 cm³/mol. The van der Waals surface area contributed by atoms with Gasteiger partial charge in [0.05, 0.1) is 17.4 Å². The van der Waals surface area contributed by atoms with E-state index < -0.39 is 11.7 Å². The molecule has 1 aromatic heterocycles. The minimum absolute atomic E-state index is 0.0509. The van der Waals surface area contributed by atoms with Crippen LogP contribution in [0.25, 0.3) is 0 Å². The fourth-order valence-corrected chi connectivity index (χ4v) is 2.75. The van der Waals surface area contributed by atoms with Crippen molar-refractivity contribution in [3.05, 3.63) is 47.1 Å². The van der Waals surface area contributed by atoms with Crippen molar-refractivity contribution < 1.29 is 9.18 Å². The number of halogens is 2. The lowest BCUT2D eigenvalue weighted by Gasteiger charge is -2.12. The molecule has 1 amide bonds. The van der Waals surface area contributed by atoms with Crippen LogP contribution in [0.3, 0.4) is 0 Å². The molecule has 1 saturated carbocycles. The topological polar surface area (TPSA) is 66.9 Å². The largest absolute Gasteiger partial charge is 0.366 e. The first-order valence-electron chi connectivity index (χ1n) is 7.47. The molecule has 1 aliphatic rings. The lowest BCUT2D eigenvalue weighted by atomic mass is 10.2. The third-order valence-electron chi connectivity index (χ3n) is 3.77. The number of aromatic nitrogens is 2. The molecule has 3 rings (SSSR count). The van der Waals surface area contributed by atoms with E-state index in [2.05, 4.69) is 20.6 Å². The summed E-state index contributed by atoms with van der Waals surface area (Å²) in [6, 6.07) is 4.41. The Hall–Kier alpha value is -2.21. The Labute approximate surface area is 138 Å². The van der Waals surface area contributed by atoms with Crippen molar-refractivity contribution in [1.29, 1.82) is 0 Å².